The lowest BCUT2D eigenvalue weighted by Crippen LogP contribution is -2.71. The van der Waals surface area contributed by atoms with Crippen molar-refractivity contribution in [3.63, 3.8) is 0 Å². The quantitative estimate of drug-likeness (QED) is 0.406. The van der Waals surface area contributed by atoms with Gasteiger partial charge in [0.1, 0.15) is 6.10 Å². The minimum atomic E-state index is -0.700. The van der Waals surface area contributed by atoms with E-state index < -0.39 is 5.91 Å². The van der Waals surface area contributed by atoms with Crippen molar-refractivity contribution in [2.45, 2.75) is 12.0 Å². The molecule has 0 aromatic heterocycles. The number of hydrogen-bond acceptors (Lipinski definition) is 4. The molecule has 4 nitrogen and oxygen atoms in total. The standard InChI is InChI=1S/C6H13NO3.H4Si/c1-8-5-4-7-6(5,9-2)10-3;/h5,7H,4H2,1-3H3;1H4. The predicted octanol–water partition coefficient (Wildman–Crippen LogP) is -1.90. The molecule has 0 aliphatic carbocycles. The summed E-state index contributed by atoms with van der Waals surface area (Å²) in [6, 6.07) is 0. The van der Waals surface area contributed by atoms with E-state index in [1.54, 1.807) is 21.3 Å². The van der Waals surface area contributed by atoms with Crippen molar-refractivity contribution in [3.05, 3.63) is 0 Å². The summed E-state index contributed by atoms with van der Waals surface area (Å²) in [6.45, 7) is 0.776. The normalized spacial score (nSPS) is 27.0. The lowest BCUT2D eigenvalue weighted by molar-refractivity contribution is -0.323. The van der Waals surface area contributed by atoms with Crippen LogP contribution in [0.25, 0.3) is 0 Å². The molecule has 1 aliphatic heterocycles. The molecular formula is C6H17NO3Si. The van der Waals surface area contributed by atoms with Gasteiger partial charge >= 0.3 is 0 Å². The van der Waals surface area contributed by atoms with Crippen molar-refractivity contribution in [1.29, 1.82) is 0 Å². The van der Waals surface area contributed by atoms with Gasteiger partial charge in [-0.05, 0) is 11.0 Å². The van der Waals surface area contributed by atoms with Gasteiger partial charge in [0.2, 0.25) is 0 Å². The van der Waals surface area contributed by atoms with Crippen LogP contribution in [0, 0.1) is 0 Å². The van der Waals surface area contributed by atoms with E-state index in [0.717, 1.165) is 6.54 Å². The van der Waals surface area contributed by atoms with Gasteiger partial charge in [-0.3, -0.25) is 5.32 Å². The lowest BCUT2D eigenvalue weighted by atomic mass is 10.1. The molecule has 1 fully saturated rings. The lowest BCUT2D eigenvalue weighted by Gasteiger charge is -2.46. The van der Waals surface area contributed by atoms with E-state index in [1.807, 2.05) is 0 Å². The van der Waals surface area contributed by atoms with Crippen LogP contribution in [-0.4, -0.2) is 50.9 Å². The van der Waals surface area contributed by atoms with Crippen molar-refractivity contribution in [3.8, 4) is 0 Å². The second-order valence-corrected chi connectivity index (χ2v) is 2.18. The Bertz CT molecular complexity index is 111. The van der Waals surface area contributed by atoms with Crippen LogP contribution in [0.3, 0.4) is 0 Å². The smallest absolute Gasteiger partial charge is 0.255 e. The molecule has 1 rings (SSSR count). The van der Waals surface area contributed by atoms with Gasteiger partial charge in [-0.25, -0.2) is 0 Å². The van der Waals surface area contributed by atoms with Crippen LogP contribution in [0.5, 0.6) is 0 Å². The summed E-state index contributed by atoms with van der Waals surface area (Å²) >= 11 is 0. The maximum Gasteiger partial charge on any atom is 0.255 e. The van der Waals surface area contributed by atoms with Crippen molar-refractivity contribution < 1.29 is 14.2 Å². The van der Waals surface area contributed by atoms with Gasteiger partial charge in [0.05, 0.1) is 0 Å². The Balaban J connectivity index is 0.000001000. The molecule has 0 aromatic rings. The van der Waals surface area contributed by atoms with Gasteiger partial charge < -0.3 is 14.2 Å². The predicted molar refractivity (Wildman–Crippen MR) is 46.9 cm³/mol. The van der Waals surface area contributed by atoms with Crippen molar-refractivity contribution in [2.24, 2.45) is 0 Å². The monoisotopic (exact) mass is 179 g/mol. The second kappa shape index (κ2) is 4.17. The number of hydrogen-bond donors (Lipinski definition) is 1. The molecule has 1 N–H and O–H groups in total. The summed E-state index contributed by atoms with van der Waals surface area (Å²) in [7, 11) is 4.81. The van der Waals surface area contributed by atoms with E-state index in [0.29, 0.717) is 0 Å². The fourth-order valence-electron chi connectivity index (χ4n) is 1.08. The molecule has 1 atom stereocenters. The van der Waals surface area contributed by atoms with E-state index in [4.69, 9.17) is 14.2 Å². The third kappa shape index (κ3) is 1.62. The molecule has 0 radical (unpaired) electrons. The number of methoxy groups -OCH3 is 3. The summed E-state index contributed by atoms with van der Waals surface area (Å²) in [5.74, 6) is -0.700. The van der Waals surface area contributed by atoms with E-state index in [2.05, 4.69) is 5.32 Å². The minimum absolute atomic E-state index is 0. The highest BCUT2D eigenvalue weighted by Crippen LogP contribution is 2.22. The molecular weight excluding hydrogens is 162 g/mol. The Morgan fingerprint density at radius 3 is 1.91 bits per heavy atom. The average molecular weight is 179 g/mol. The topological polar surface area (TPSA) is 39.7 Å². The van der Waals surface area contributed by atoms with Crippen LogP contribution in [0.1, 0.15) is 0 Å². The van der Waals surface area contributed by atoms with Crippen LogP contribution in [0.2, 0.25) is 0 Å². The Hall–Kier alpha value is 0.0569. The van der Waals surface area contributed by atoms with E-state index >= 15 is 0 Å². The summed E-state index contributed by atoms with van der Waals surface area (Å²) in [5.41, 5.74) is 0. The molecule has 1 unspecified atom stereocenters. The average Bonchev–Trinajstić information content (AvgIpc) is 1.90. The molecule has 1 aliphatic rings. The van der Waals surface area contributed by atoms with Crippen molar-refractivity contribution >= 4 is 11.0 Å². The largest absolute Gasteiger partial charge is 0.373 e. The molecule has 1 heterocycles. The Morgan fingerprint density at radius 2 is 1.82 bits per heavy atom. The number of rotatable bonds is 3. The first-order valence-corrected chi connectivity index (χ1v) is 3.17. The van der Waals surface area contributed by atoms with E-state index in [9.17, 15) is 0 Å². The zero-order valence-corrected chi connectivity index (χ0v) is 6.51. The highest BCUT2D eigenvalue weighted by molar-refractivity contribution is 5.75. The highest BCUT2D eigenvalue weighted by atomic mass is 28.1. The molecule has 0 amide bonds. The van der Waals surface area contributed by atoms with Crippen LogP contribution < -0.4 is 5.32 Å². The Labute approximate surface area is 71.2 Å². The van der Waals surface area contributed by atoms with Crippen LogP contribution >= 0.6 is 0 Å². The maximum absolute atomic E-state index is 5.07. The fourth-order valence-corrected chi connectivity index (χ4v) is 1.08. The van der Waals surface area contributed by atoms with E-state index in [1.165, 1.54) is 0 Å². The summed E-state index contributed by atoms with van der Waals surface area (Å²) in [6.07, 6.45) is 0.00231. The summed E-state index contributed by atoms with van der Waals surface area (Å²) in [5, 5.41) is 2.99. The Morgan fingerprint density at radius 1 is 1.27 bits per heavy atom. The van der Waals surface area contributed by atoms with Gasteiger partial charge in [0, 0.05) is 27.9 Å². The first-order chi connectivity index (χ1) is 4.79. The molecule has 68 valence electrons. The fraction of sp³-hybridized carbons (Fsp3) is 1.00. The molecule has 0 bridgehead atoms. The molecule has 5 heteroatoms. The maximum atomic E-state index is 5.07. The highest BCUT2D eigenvalue weighted by Gasteiger charge is 2.48. The van der Waals surface area contributed by atoms with Gasteiger partial charge in [-0.15, -0.1) is 0 Å². The van der Waals surface area contributed by atoms with Gasteiger partial charge in [-0.2, -0.15) is 0 Å². The zero-order valence-electron chi connectivity index (χ0n) is 6.51. The SMILES string of the molecule is COC1CNC1(OC)OC.[SiH4]. The van der Waals surface area contributed by atoms with Crippen LogP contribution in [-0.2, 0) is 14.2 Å². The molecule has 0 saturated carbocycles. The zero-order chi connectivity index (χ0) is 7.61. The first kappa shape index (κ1) is 11.1. The third-order valence-electron chi connectivity index (χ3n) is 1.85. The van der Waals surface area contributed by atoms with E-state index in [-0.39, 0.29) is 17.1 Å². The summed E-state index contributed by atoms with van der Waals surface area (Å²) in [4.78, 5) is 0. The summed E-state index contributed by atoms with van der Waals surface area (Å²) < 4.78 is 15.2. The van der Waals surface area contributed by atoms with Gasteiger partial charge in [0.25, 0.3) is 5.91 Å². The van der Waals surface area contributed by atoms with Crippen LogP contribution in [0.4, 0.5) is 0 Å². The Kier molecular flexibility index (Phi) is 4.20. The molecule has 0 spiro atoms. The van der Waals surface area contributed by atoms with Gasteiger partial charge in [0.15, 0.2) is 0 Å². The van der Waals surface area contributed by atoms with Gasteiger partial charge in [-0.1, -0.05) is 0 Å². The minimum Gasteiger partial charge on any atom is -0.373 e. The third-order valence-corrected chi connectivity index (χ3v) is 1.85. The van der Waals surface area contributed by atoms with Crippen molar-refractivity contribution in [1.82, 2.24) is 5.32 Å². The number of ether oxygens (including phenoxy) is 3. The van der Waals surface area contributed by atoms with Crippen LogP contribution in [0.15, 0.2) is 0 Å². The van der Waals surface area contributed by atoms with Crippen molar-refractivity contribution in [2.75, 3.05) is 27.9 Å². The molecule has 11 heavy (non-hydrogen) atoms. The molecule has 1 saturated heterocycles. The second-order valence-electron chi connectivity index (χ2n) is 2.18. The first-order valence-electron chi connectivity index (χ1n) is 3.17. The molecule has 0 aromatic carbocycles. The number of nitrogens with one attached hydrogen (secondary N) is 1.